The normalized spacial score (nSPS) is 23.9. The number of hydrogen-bond acceptors (Lipinski definition) is 2. The average Bonchev–Trinajstić information content (AvgIpc) is 2.47. The Morgan fingerprint density at radius 1 is 0.955 bits per heavy atom. The van der Waals surface area contributed by atoms with Crippen LogP contribution in [0.3, 0.4) is 0 Å². The molecule has 0 N–H and O–H groups in total. The first kappa shape index (κ1) is 14.8. The van der Waals surface area contributed by atoms with Crippen LogP contribution in [-0.4, -0.2) is 12.1 Å². The molecule has 2 aromatic rings. The lowest BCUT2D eigenvalue weighted by Crippen LogP contribution is -2.40. The summed E-state index contributed by atoms with van der Waals surface area (Å²) in [5, 5.41) is 0. The van der Waals surface area contributed by atoms with Crippen LogP contribution in [0.5, 0.6) is 0 Å². The van der Waals surface area contributed by atoms with E-state index in [9.17, 15) is 4.79 Å². The smallest absolute Gasteiger partial charge is 0.309 e. The molecule has 0 radical (unpaired) electrons. The first-order chi connectivity index (χ1) is 10.7. The number of ether oxygens (including phenoxy) is 1. The van der Waals surface area contributed by atoms with E-state index >= 15 is 0 Å². The molecule has 0 saturated heterocycles. The van der Waals surface area contributed by atoms with Crippen LogP contribution in [0.1, 0.15) is 43.2 Å². The second-order valence-electron chi connectivity index (χ2n) is 6.28. The molecule has 1 unspecified atom stereocenters. The SMILES string of the molecule is CC(C)OC(=O)[C@@H]1CC(c2ccccc2)[C@H]1c1ccccc1. The number of carbonyl (C=O) groups excluding carboxylic acids is 1. The Bertz CT molecular complexity index is 619. The van der Waals surface area contributed by atoms with E-state index in [1.165, 1.54) is 11.1 Å². The molecule has 3 rings (SSSR count). The summed E-state index contributed by atoms with van der Waals surface area (Å²) >= 11 is 0. The summed E-state index contributed by atoms with van der Waals surface area (Å²) in [5.41, 5.74) is 2.54. The highest BCUT2D eigenvalue weighted by molar-refractivity contribution is 5.76. The number of benzene rings is 2. The van der Waals surface area contributed by atoms with E-state index in [1.54, 1.807) is 0 Å². The summed E-state index contributed by atoms with van der Waals surface area (Å²) in [5.74, 6) is 0.522. The predicted octanol–water partition coefficient (Wildman–Crippen LogP) is 4.53. The maximum Gasteiger partial charge on any atom is 0.309 e. The van der Waals surface area contributed by atoms with Crippen LogP contribution in [0.25, 0.3) is 0 Å². The van der Waals surface area contributed by atoms with E-state index in [0.717, 1.165) is 6.42 Å². The molecule has 0 heterocycles. The van der Waals surface area contributed by atoms with Crippen molar-refractivity contribution in [3.63, 3.8) is 0 Å². The van der Waals surface area contributed by atoms with Crippen LogP contribution in [0.15, 0.2) is 60.7 Å². The van der Waals surface area contributed by atoms with Gasteiger partial charge in [-0.25, -0.2) is 0 Å². The van der Waals surface area contributed by atoms with Gasteiger partial charge in [-0.2, -0.15) is 0 Å². The van der Waals surface area contributed by atoms with Crippen molar-refractivity contribution < 1.29 is 9.53 Å². The van der Waals surface area contributed by atoms with Crippen molar-refractivity contribution in [1.29, 1.82) is 0 Å². The molecule has 1 aliphatic rings. The minimum Gasteiger partial charge on any atom is -0.463 e. The fourth-order valence-corrected chi connectivity index (χ4v) is 3.40. The maximum absolute atomic E-state index is 12.4. The summed E-state index contributed by atoms with van der Waals surface area (Å²) in [6.07, 6.45) is 0.814. The summed E-state index contributed by atoms with van der Waals surface area (Å²) < 4.78 is 5.45. The van der Waals surface area contributed by atoms with Gasteiger partial charge in [0.05, 0.1) is 12.0 Å². The topological polar surface area (TPSA) is 26.3 Å². The molecule has 114 valence electrons. The molecular formula is C20H22O2. The minimum absolute atomic E-state index is 0.0324. The van der Waals surface area contributed by atoms with E-state index in [-0.39, 0.29) is 23.9 Å². The van der Waals surface area contributed by atoms with Crippen molar-refractivity contribution in [3.8, 4) is 0 Å². The third kappa shape index (κ3) is 2.92. The second kappa shape index (κ2) is 6.35. The van der Waals surface area contributed by atoms with Crippen molar-refractivity contribution in [2.24, 2.45) is 5.92 Å². The van der Waals surface area contributed by atoms with Gasteiger partial charge >= 0.3 is 5.97 Å². The van der Waals surface area contributed by atoms with Crippen molar-refractivity contribution >= 4 is 5.97 Å². The highest BCUT2D eigenvalue weighted by atomic mass is 16.5. The van der Waals surface area contributed by atoms with Gasteiger partial charge in [0.15, 0.2) is 0 Å². The summed E-state index contributed by atoms with van der Waals surface area (Å²) in [6.45, 7) is 3.81. The molecule has 2 nitrogen and oxygen atoms in total. The molecule has 0 aromatic heterocycles. The third-order valence-electron chi connectivity index (χ3n) is 4.44. The highest BCUT2D eigenvalue weighted by Gasteiger charge is 2.47. The first-order valence-corrected chi connectivity index (χ1v) is 7.97. The second-order valence-corrected chi connectivity index (χ2v) is 6.28. The number of carbonyl (C=O) groups is 1. The quantitative estimate of drug-likeness (QED) is 0.775. The maximum atomic E-state index is 12.4. The Hall–Kier alpha value is -2.09. The summed E-state index contributed by atoms with van der Waals surface area (Å²) in [4.78, 5) is 12.4. The monoisotopic (exact) mass is 294 g/mol. The number of esters is 1. The molecule has 2 heteroatoms. The van der Waals surface area contributed by atoms with Crippen molar-refractivity contribution in [3.05, 3.63) is 71.8 Å². The van der Waals surface area contributed by atoms with E-state index in [1.807, 2.05) is 38.1 Å². The average molecular weight is 294 g/mol. The number of hydrogen-bond donors (Lipinski definition) is 0. The zero-order valence-corrected chi connectivity index (χ0v) is 13.1. The Balaban J connectivity index is 1.86. The van der Waals surface area contributed by atoms with Crippen molar-refractivity contribution in [1.82, 2.24) is 0 Å². The lowest BCUT2D eigenvalue weighted by Gasteiger charge is -2.44. The Morgan fingerprint density at radius 2 is 1.50 bits per heavy atom. The van der Waals surface area contributed by atoms with Crippen molar-refractivity contribution in [2.45, 2.75) is 38.2 Å². The molecule has 1 saturated carbocycles. The largest absolute Gasteiger partial charge is 0.463 e. The molecule has 0 bridgehead atoms. The van der Waals surface area contributed by atoms with Crippen LogP contribution >= 0.6 is 0 Å². The molecule has 22 heavy (non-hydrogen) atoms. The van der Waals surface area contributed by atoms with Gasteiger partial charge in [-0.3, -0.25) is 4.79 Å². The summed E-state index contributed by atoms with van der Waals surface area (Å²) in [6, 6.07) is 20.8. The molecular weight excluding hydrogens is 272 g/mol. The molecule has 1 fully saturated rings. The van der Waals surface area contributed by atoms with Gasteiger partial charge in [0.2, 0.25) is 0 Å². The zero-order valence-electron chi connectivity index (χ0n) is 13.1. The van der Waals surface area contributed by atoms with Gasteiger partial charge in [-0.15, -0.1) is 0 Å². The lowest BCUT2D eigenvalue weighted by molar-refractivity contribution is -0.157. The van der Waals surface area contributed by atoms with E-state index < -0.39 is 0 Å². The molecule has 0 spiro atoms. The first-order valence-electron chi connectivity index (χ1n) is 7.97. The fourth-order valence-electron chi connectivity index (χ4n) is 3.40. The molecule has 2 aromatic carbocycles. The minimum atomic E-state index is -0.0592. The molecule has 0 amide bonds. The Morgan fingerprint density at radius 3 is 2.05 bits per heavy atom. The van der Waals surface area contributed by atoms with E-state index in [4.69, 9.17) is 4.74 Å². The standard InChI is InChI=1S/C20H22O2/c1-14(2)22-20(21)18-13-17(15-9-5-3-6-10-15)19(18)16-11-7-4-8-12-16/h3-12,14,17-19H,13H2,1-2H3/t17?,18-,19-/m1/s1. The van der Waals surface area contributed by atoms with Crippen LogP contribution in [-0.2, 0) is 9.53 Å². The zero-order chi connectivity index (χ0) is 15.5. The van der Waals surface area contributed by atoms with Gasteiger partial charge in [0.25, 0.3) is 0 Å². The Kier molecular flexibility index (Phi) is 4.28. The van der Waals surface area contributed by atoms with Gasteiger partial charge < -0.3 is 4.74 Å². The van der Waals surface area contributed by atoms with Gasteiger partial charge in [-0.05, 0) is 37.3 Å². The van der Waals surface area contributed by atoms with Gasteiger partial charge in [-0.1, -0.05) is 60.7 Å². The van der Waals surface area contributed by atoms with Crippen molar-refractivity contribution in [2.75, 3.05) is 0 Å². The van der Waals surface area contributed by atoms with Gasteiger partial charge in [0.1, 0.15) is 0 Å². The van der Waals surface area contributed by atoms with E-state index in [2.05, 4.69) is 36.4 Å². The Labute approximate surface area is 132 Å². The fraction of sp³-hybridized carbons (Fsp3) is 0.350. The molecule has 3 atom stereocenters. The van der Waals surface area contributed by atoms with Crippen LogP contribution in [0.4, 0.5) is 0 Å². The molecule has 1 aliphatic carbocycles. The predicted molar refractivity (Wildman–Crippen MR) is 87.7 cm³/mol. The van der Waals surface area contributed by atoms with E-state index in [0.29, 0.717) is 5.92 Å². The van der Waals surface area contributed by atoms with Gasteiger partial charge in [0, 0.05) is 5.92 Å². The number of rotatable bonds is 4. The lowest BCUT2D eigenvalue weighted by atomic mass is 9.59. The summed E-state index contributed by atoms with van der Waals surface area (Å²) in [7, 11) is 0. The van der Waals surface area contributed by atoms with Crippen LogP contribution < -0.4 is 0 Å². The third-order valence-corrected chi connectivity index (χ3v) is 4.44. The van der Waals surface area contributed by atoms with Crippen LogP contribution in [0.2, 0.25) is 0 Å². The van der Waals surface area contributed by atoms with Crippen LogP contribution in [0, 0.1) is 5.92 Å². The molecule has 0 aliphatic heterocycles. The highest BCUT2D eigenvalue weighted by Crippen LogP contribution is 2.53.